The number of fused-ring (bicyclic) bond motifs is 1. The minimum atomic E-state index is -3.68. The van der Waals surface area contributed by atoms with Crippen LogP contribution in [-0.4, -0.2) is 28.0 Å². The number of hydrogen-bond donors (Lipinski definition) is 1. The van der Waals surface area contributed by atoms with Crippen molar-refractivity contribution in [2.75, 3.05) is 6.26 Å². The van der Waals surface area contributed by atoms with Crippen LogP contribution < -0.4 is 14.2 Å². The van der Waals surface area contributed by atoms with Crippen LogP contribution in [0.2, 0.25) is 0 Å². The molecule has 6 nitrogen and oxygen atoms in total. The zero-order valence-corrected chi connectivity index (χ0v) is 20.7. The van der Waals surface area contributed by atoms with Crippen LogP contribution in [0.15, 0.2) is 60.7 Å². The molecule has 3 N–H and O–H groups in total. The number of Topliss-reactive ketones (excluding diaryl/α,β-unsaturated/α-hetero) is 1. The molecule has 1 aliphatic carbocycles. The summed E-state index contributed by atoms with van der Waals surface area (Å²) < 4.78 is 50.0. The number of nitrogens with one attached hydrogen (secondary N) is 1. The predicted molar refractivity (Wildman–Crippen MR) is 133 cm³/mol. The first-order valence-electron chi connectivity index (χ1n) is 11.3. The molecule has 5 rings (SSSR count). The summed E-state index contributed by atoms with van der Waals surface area (Å²) in [6, 6.07) is 18.7. The zero-order valence-electron chi connectivity index (χ0n) is 19.9. The maximum Gasteiger partial charge on any atom is 0.586 e. The normalized spacial score (nSPS) is 17.2. The molecule has 0 amide bonds. The van der Waals surface area contributed by atoms with Crippen molar-refractivity contribution in [1.29, 1.82) is 0 Å². The molecule has 1 heterocycles. The molecule has 0 spiro atoms. The fourth-order valence-electron chi connectivity index (χ4n) is 4.53. The minimum Gasteiger partial charge on any atom is -0.412 e. The van der Waals surface area contributed by atoms with Crippen molar-refractivity contribution in [2.24, 2.45) is 0 Å². The Balaban J connectivity index is 0.00000304. The third kappa shape index (κ3) is 5.18. The van der Waals surface area contributed by atoms with E-state index in [1.165, 1.54) is 12.1 Å². The van der Waals surface area contributed by atoms with E-state index >= 15 is 0 Å². The number of ether oxygens (including phenoxy) is 2. The van der Waals surface area contributed by atoms with Gasteiger partial charge in [0, 0.05) is 19.2 Å². The fourth-order valence-corrected chi connectivity index (χ4v) is 4.90. The number of benzene rings is 3. The van der Waals surface area contributed by atoms with E-state index < -0.39 is 22.7 Å². The van der Waals surface area contributed by atoms with E-state index in [2.05, 4.69) is 14.2 Å². The molecule has 1 atom stereocenters. The summed E-state index contributed by atoms with van der Waals surface area (Å²) in [4.78, 5) is 13.4. The second kappa shape index (κ2) is 9.72. The van der Waals surface area contributed by atoms with Gasteiger partial charge in [0.25, 0.3) is 0 Å². The van der Waals surface area contributed by atoms with Crippen LogP contribution in [0.25, 0.3) is 11.1 Å². The quantitative estimate of drug-likeness (QED) is 0.481. The van der Waals surface area contributed by atoms with E-state index in [0.717, 1.165) is 27.8 Å². The Morgan fingerprint density at radius 3 is 2.31 bits per heavy atom. The molecule has 190 valence electrons. The highest BCUT2D eigenvalue weighted by atomic mass is 32.2. The molecule has 0 saturated heterocycles. The van der Waals surface area contributed by atoms with Crippen LogP contribution in [0.3, 0.4) is 0 Å². The predicted octanol–water partition coefficient (Wildman–Crippen LogP) is 4.39. The average Bonchev–Trinajstić information content (AvgIpc) is 3.56. The van der Waals surface area contributed by atoms with Gasteiger partial charge in [0.15, 0.2) is 11.5 Å². The Bertz CT molecular complexity index is 1320. The van der Waals surface area contributed by atoms with Crippen molar-refractivity contribution in [3.63, 3.8) is 0 Å². The summed E-state index contributed by atoms with van der Waals surface area (Å²) in [6.07, 6.45) is -0.468. The lowest BCUT2D eigenvalue weighted by atomic mass is 9.87. The minimum absolute atomic E-state index is 0. The van der Waals surface area contributed by atoms with Gasteiger partial charge in [-0.05, 0) is 65.3 Å². The van der Waals surface area contributed by atoms with Gasteiger partial charge in [-0.1, -0.05) is 48.5 Å². The Labute approximate surface area is 210 Å². The van der Waals surface area contributed by atoms with Crippen LogP contribution >= 0.6 is 0 Å². The Morgan fingerprint density at radius 1 is 0.972 bits per heavy atom. The van der Waals surface area contributed by atoms with E-state index in [9.17, 15) is 17.8 Å². The smallest absolute Gasteiger partial charge is 0.412 e. The molecule has 3 aromatic rings. The Morgan fingerprint density at radius 2 is 1.64 bits per heavy atom. The molecule has 9 heteroatoms. The Hall–Kier alpha value is -3.14. The second-order valence-electron chi connectivity index (χ2n) is 9.13. The number of aryl methyl sites for hydroxylation is 1. The number of carbonyl (C=O) groups is 1. The number of halogens is 2. The van der Waals surface area contributed by atoms with Crippen LogP contribution in [0, 0.1) is 6.92 Å². The number of ketones is 1. The van der Waals surface area contributed by atoms with Gasteiger partial charge < -0.3 is 14.9 Å². The maximum absolute atomic E-state index is 13.4. The molecule has 3 aromatic carbocycles. The first-order valence-corrected chi connectivity index (χ1v) is 12.9. The van der Waals surface area contributed by atoms with Gasteiger partial charge in [-0.3, -0.25) is 4.79 Å². The fraction of sp³-hybridized carbons (Fsp3) is 0.296. The molecule has 1 fully saturated rings. The lowest BCUT2D eigenvalue weighted by Crippen LogP contribution is -2.26. The second-order valence-corrected chi connectivity index (χ2v) is 10.3. The first-order chi connectivity index (χ1) is 16.6. The van der Waals surface area contributed by atoms with Crippen molar-refractivity contribution >= 4 is 16.8 Å². The van der Waals surface area contributed by atoms with Crippen molar-refractivity contribution in [3.8, 4) is 22.6 Å². The van der Waals surface area contributed by atoms with Gasteiger partial charge in [-0.25, -0.2) is 8.93 Å². The first kappa shape index (κ1) is 25.9. The molecule has 0 aromatic heterocycles. The molecule has 2 aliphatic rings. The molecular formula is C27H27F2NO5S. The number of rotatable bonds is 8. The zero-order chi connectivity index (χ0) is 24.8. The summed E-state index contributed by atoms with van der Waals surface area (Å²) in [7, 11) is -1.07. The molecule has 1 aliphatic heterocycles. The van der Waals surface area contributed by atoms with E-state index in [1.807, 2.05) is 49.4 Å². The summed E-state index contributed by atoms with van der Waals surface area (Å²) in [6.45, 7) is 2.55. The van der Waals surface area contributed by atoms with Crippen molar-refractivity contribution in [3.05, 3.63) is 82.9 Å². The third-order valence-corrected chi connectivity index (χ3v) is 7.20. The van der Waals surface area contributed by atoms with Crippen LogP contribution in [0.4, 0.5) is 8.78 Å². The van der Waals surface area contributed by atoms with E-state index in [1.54, 1.807) is 12.3 Å². The van der Waals surface area contributed by atoms with Gasteiger partial charge in [0.2, 0.25) is 0 Å². The molecule has 36 heavy (non-hydrogen) atoms. The molecule has 0 bridgehead atoms. The number of alkyl halides is 2. The highest BCUT2D eigenvalue weighted by Crippen LogP contribution is 2.52. The largest absolute Gasteiger partial charge is 0.586 e. The lowest BCUT2D eigenvalue weighted by molar-refractivity contribution is -0.286. The third-order valence-electron chi connectivity index (χ3n) is 6.65. The topological polar surface area (TPSA) is 96.1 Å². The highest BCUT2D eigenvalue weighted by Gasteiger charge is 2.52. The van der Waals surface area contributed by atoms with Gasteiger partial charge in [-0.2, -0.15) is 0 Å². The highest BCUT2D eigenvalue weighted by molar-refractivity contribution is 7.82. The molecule has 0 radical (unpaired) electrons. The van der Waals surface area contributed by atoms with Gasteiger partial charge >= 0.3 is 6.29 Å². The summed E-state index contributed by atoms with van der Waals surface area (Å²) in [5, 5.41) is 0. The molecule has 1 saturated carbocycles. The van der Waals surface area contributed by atoms with E-state index in [4.69, 9.17) is 0 Å². The van der Waals surface area contributed by atoms with Crippen LogP contribution in [0.1, 0.15) is 35.1 Å². The van der Waals surface area contributed by atoms with E-state index in [0.29, 0.717) is 24.9 Å². The van der Waals surface area contributed by atoms with Gasteiger partial charge in [0.1, 0.15) is 5.78 Å². The molecular weight excluding hydrogens is 488 g/mol. The monoisotopic (exact) mass is 515 g/mol. The van der Waals surface area contributed by atoms with Crippen LogP contribution in [-0.2, 0) is 34.2 Å². The SMILES string of the molecule is Cc1ccc(CC(=O)C2(c3ccc4c(c3)OC(F)(F)O4)CC2)cc1-c1ccc(CNS(C)=O)cc1.O. The van der Waals surface area contributed by atoms with Gasteiger partial charge in [0.05, 0.1) is 16.4 Å². The van der Waals surface area contributed by atoms with Crippen LogP contribution in [0.5, 0.6) is 11.5 Å². The summed E-state index contributed by atoms with van der Waals surface area (Å²) >= 11 is 0. The van der Waals surface area contributed by atoms with Crippen molar-refractivity contribution in [2.45, 2.75) is 44.4 Å². The van der Waals surface area contributed by atoms with E-state index in [-0.39, 0.29) is 29.2 Å². The maximum atomic E-state index is 13.4. The molecule has 1 unspecified atom stereocenters. The van der Waals surface area contributed by atoms with Crippen molar-refractivity contribution in [1.82, 2.24) is 4.72 Å². The standard InChI is InChI=1S/C27H25F2NO4S.H2O/c1-17-3-4-19(13-22(17)20-7-5-18(6-8-20)16-30-35(2)32)14-25(31)26(11-12-26)21-9-10-23-24(15-21)34-27(28,29)33-23;/h3-10,13,15,30H,11-12,14,16H2,1-2H3;1H2. The number of hydrogen-bond acceptors (Lipinski definition) is 4. The Kier molecular flexibility index (Phi) is 7.01. The summed E-state index contributed by atoms with van der Waals surface area (Å²) in [5.41, 5.74) is 5.13. The lowest BCUT2D eigenvalue weighted by Gasteiger charge is -2.16. The average molecular weight is 516 g/mol. The number of carbonyl (C=O) groups excluding carboxylic acids is 1. The van der Waals surface area contributed by atoms with Gasteiger partial charge in [-0.15, -0.1) is 8.78 Å². The van der Waals surface area contributed by atoms with Crippen molar-refractivity contribution < 1.29 is 32.7 Å². The summed E-state index contributed by atoms with van der Waals surface area (Å²) in [5.74, 6) is 0.00914.